The quantitative estimate of drug-likeness (QED) is 0.228. The Labute approximate surface area is 216 Å². The number of aromatic nitrogens is 2. The Morgan fingerprint density at radius 3 is 2.44 bits per heavy atom. The average Bonchev–Trinajstić information content (AvgIpc) is 3.21. The molecule has 4 rings (SSSR count). The Balaban J connectivity index is 1.47. The van der Waals surface area contributed by atoms with Gasteiger partial charge in [0.1, 0.15) is 5.69 Å². The number of aryl methyl sites for hydroxylation is 1. The van der Waals surface area contributed by atoms with E-state index >= 15 is 0 Å². The summed E-state index contributed by atoms with van der Waals surface area (Å²) in [5.74, 6) is 2.20. The van der Waals surface area contributed by atoms with Gasteiger partial charge in [0.05, 0.1) is 23.0 Å². The lowest BCUT2D eigenvalue weighted by Crippen LogP contribution is -2.10. The molecule has 1 aliphatic carbocycles. The van der Waals surface area contributed by atoms with Gasteiger partial charge in [-0.25, -0.2) is 4.68 Å². The minimum Gasteiger partial charge on any atom is -0.292 e. The van der Waals surface area contributed by atoms with Gasteiger partial charge in [-0.05, 0) is 55.0 Å². The number of benzene rings is 2. The first-order valence-electron chi connectivity index (χ1n) is 13.7. The molecule has 3 atom stereocenters. The normalized spacial score (nSPS) is 18.8. The summed E-state index contributed by atoms with van der Waals surface area (Å²) in [5.41, 5.74) is 5.06. The van der Waals surface area contributed by atoms with Crippen molar-refractivity contribution in [2.24, 2.45) is 17.8 Å². The van der Waals surface area contributed by atoms with E-state index < -0.39 is 0 Å². The smallest absolute Gasteiger partial charge is 0.183 e. The first-order valence-corrected chi connectivity index (χ1v) is 13.7. The molecule has 4 nitrogen and oxygen atoms in total. The molecule has 3 unspecified atom stereocenters. The molecule has 0 amide bonds. The van der Waals surface area contributed by atoms with Crippen LogP contribution in [0.25, 0.3) is 16.9 Å². The van der Waals surface area contributed by atoms with Gasteiger partial charge in [0.15, 0.2) is 5.78 Å². The molecule has 4 heteroatoms. The van der Waals surface area contributed by atoms with Crippen LogP contribution in [-0.4, -0.2) is 15.6 Å². The van der Waals surface area contributed by atoms with E-state index in [1.807, 2.05) is 22.9 Å². The van der Waals surface area contributed by atoms with Crippen molar-refractivity contribution in [2.45, 2.75) is 78.6 Å². The summed E-state index contributed by atoms with van der Waals surface area (Å²) in [5, 5.41) is 13.9. The monoisotopic (exact) mass is 481 g/mol. The van der Waals surface area contributed by atoms with Crippen LogP contribution in [0.5, 0.6) is 0 Å². The lowest BCUT2D eigenvalue weighted by molar-refractivity contribution is 0.0955. The minimum atomic E-state index is 0.107. The van der Waals surface area contributed by atoms with Gasteiger partial charge in [-0.3, -0.25) is 4.79 Å². The second-order valence-electron chi connectivity index (χ2n) is 10.8. The molecule has 0 radical (unpaired) electrons. The topological polar surface area (TPSA) is 58.7 Å². The Kier molecular flexibility index (Phi) is 8.75. The van der Waals surface area contributed by atoms with Crippen LogP contribution in [0.4, 0.5) is 0 Å². The molecule has 1 saturated carbocycles. The lowest BCUT2D eigenvalue weighted by Gasteiger charge is -2.17. The number of nitriles is 1. The highest BCUT2D eigenvalue weighted by molar-refractivity contribution is 5.95. The number of rotatable bonds is 9. The van der Waals surface area contributed by atoms with Crippen LogP contribution in [0, 0.1) is 36.0 Å². The molecular weight excluding hydrogens is 442 g/mol. The number of carbonyl (C=O) groups excluding carboxylic acids is 1. The Bertz CT molecular complexity index is 1180. The van der Waals surface area contributed by atoms with Crippen molar-refractivity contribution in [1.82, 2.24) is 9.78 Å². The van der Waals surface area contributed by atoms with Crippen LogP contribution in [0.15, 0.2) is 54.6 Å². The second-order valence-corrected chi connectivity index (χ2v) is 10.8. The van der Waals surface area contributed by atoms with Gasteiger partial charge in [0.2, 0.25) is 0 Å². The van der Waals surface area contributed by atoms with Crippen LogP contribution in [0.2, 0.25) is 0 Å². The van der Waals surface area contributed by atoms with Crippen LogP contribution in [0.3, 0.4) is 0 Å². The van der Waals surface area contributed by atoms with Crippen molar-refractivity contribution in [2.75, 3.05) is 0 Å². The average molecular weight is 482 g/mol. The third-order valence-electron chi connectivity index (χ3n) is 7.97. The van der Waals surface area contributed by atoms with E-state index in [9.17, 15) is 4.79 Å². The van der Waals surface area contributed by atoms with Gasteiger partial charge in [-0.1, -0.05) is 95.0 Å². The van der Waals surface area contributed by atoms with E-state index in [0.717, 1.165) is 35.2 Å². The molecule has 1 fully saturated rings. The van der Waals surface area contributed by atoms with Gasteiger partial charge in [-0.15, -0.1) is 0 Å². The first-order chi connectivity index (χ1) is 17.5. The van der Waals surface area contributed by atoms with Gasteiger partial charge in [0, 0.05) is 12.0 Å². The Morgan fingerprint density at radius 1 is 1.06 bits per heavy atom. The number of nitrogens with zero attached hydrogens (tertiary/aromatic N) is 3. The van der Waals surface area contributed by atoms with Gasteiger partial charge >= 0.3 is 0 Å². The summed E-state index contributed by atoms with van der Waals surface area (Å²) in [6, 6.07) is 19.7. The van der Waals surface area contributed by atoms with E-state index in [0.29, 0.717) is 23.6 Å². The highest BCUT2D eigenvalue weighted by atomic mass is 16.1. The molecule has 0 aliphatic heterocycles. The van der Waals surface area contributed by atoms with Crippen LogP contribution < -0.4 is 0 Å². The summed E-state index contributed by atoms with van der Waals surface area (Å²) in [7, 11) is 0. The zero-order chi connectivity index (χ0) is 25.5. The SMILES string of the molecule is CCC1CCCC(CCC(C)CC(=O)c2cc(-c3ccc(C)cc3)n(-c3ccc(C#N)cc3)n2)CC1. The molecule has 36 heavy (non-hydrogen) atoms. The predicted octanol–water partition coefficient (Wildman–Crippen LogP) is 8.32. The van der Waals surface area contributed by atoms with Crippen molar-refractivity contribution < 1.29 is 4.79 Å². The largest absolute Gasteiger partial charge is 0.292 e. The van der Waals surface area contributed by atoms with E-state index in [2.05, 4.69) is 51.1 Å². The summed E-state index contributed by atoms with van der Waals surface area (Å²) >= 11 is 0. The van der Waals surface area contributed by atoms with Gasteiger partial charge in [0.25, 0.3) is 0 Å². The van der Waals surface area contributed by atoms with E-state index in [1.165, 1.54) is 50.5 Å². The summed E-state index contributed by atoms with van der Waals surface area (Å²) in [6.07, 6.45) is 11.0. The zero-order valence-corrected chi connectivity index (χ0v) is 22.0. The minimum absolute atomic E-state index is 0.107. The van der Waals surface area contributed by atoms with E-state index in [-0.39, 0.29) is 5.78 Å². The third-order valence-corrected chi connectivity index (χ3v) is 7.97. The zero-order valence-electron chi connectivity index (χ0n) is 22.0. The summed E-state index contributed by atoms with van der Waals surface area (Å²) in [4.78, 5) is 13.3. The summed E-state index contributed by atoms with van der Waals surface area (Å²) in [6.45, 7) is 6.60. The van der Waals surface area contributed by atoms with Crippen molar-refractivity contribution >= 4 is 5.78 Å². The van der Waals surface area contributed by atoms with Crippen LogP contribution in [-0.2, 0) is 0 Å². The maximum Gasteiger partial charge on any atom is 0.183 e. The standard InChI is InChI=1S/C32H39N3O/c1-4-25-6-5-7-26(13-12-25)11-8-24(3)20-32(36)30-21-31(28-16-9-23(2)10-17-28)35(34-30)29-18-14-27(22-33)15-19-29/h9-10,14-19,21,24-26H,4-8,11-13,20H2,1-3H3. The molecule has 1 aromatic heterocycles. The molecule has 1 heterocycles. The van der Waals surface area contributed by atoms with Crippen LogP contribution in [0.1, 0.15) is 93.3 Å². The van der Waals surface area contributed by atoms with Crippen molar-refractivity contribution in [1.29, 1.82) is 5.26 Å². The predicted molar refractivity (Wildman–Crippen MR) is 146 cm³/mol. The van der Waals surface area contributed by atoms with Crippen molar-refractivity contribution in [3.8, 4) is 23.0 Å². The molecule has 0 bridgehead atoms. The molecule has 0 saturated heterocycles. The maximum absolute atomic E-state index is 13.3. The number of carbonyl (C=O) groups is 1. The molecule has 3 aromatic rings. The highest BCUT2D eigenvalue weighted by Gasteiger charge is 2.21. The number of hydrogen-bond donors (Lipinski definition) is 0. The van der Waals surface area contributed by atoms with Gasteiger partial charge < -0.3 is 0 Å². The van der Waals surface area contributed by atoms with Crippen molar-refractivity contribution in [3.05, 3.63) is 71.4 Å². The molecule has 1 aliphatic rings. The number of hydrogen-bond acceptors (Lipinski definition) is 3. The van der Waals surface area contributed by atoms with E-state index in [4.69, 9.17) is 10.4 Å². The fourth-order valence-corrected chi connectivity index (χ4v) is 5.52. The Morgan fingerprint density at radius 2 is 1.75 bits per heavy atom. The highest BCUT2D eigenvalue weighted by Crippen LogP contribution is 2.33. The maximum atomic E-state index is 13.3. The van der Waals surface area contributed by atoms with Gasteiger partial charge in [-0.2, -0.15) is 10.4 Å². The fourth-order valence-electron chi connectivity index (χ4n) is 5.52. The Hall–Kier alpha value is -3.19. The van der Waals surface area contributed by atoms with E-state index in [1.54, 1.807) is 12.1 Å². The number of Topliss-reactive ketones (excluding diaryl/α,β-unsaturated/α-hetero) is 1. The molecular formula is C32H39N3O. The lowest BCUT2D eigenvalue weighted by atomic mass is 9.88. The molecule has 2 aromatic carbocycles. The number of ketones is 1. The molecule has 0 spiro atoms. The second kappa shape index (κ2) is 12.2. The first kappa shape index (κ1) is 25.9. The fraction of sp³-hybridized carbons (Fsp3) is 0.469. The molecule has 0 N–H and O–H groups in total. The summed E-state index contributed by atoms with van der Waals surface area (Å²) < 4.78 is 1.83. The molecule has 188 valence electrons. The van der Waals surface area contributed by atoms with Crippen molar-refractivity contribution in [3.63, 3.8) is 0 Å². The van der Waals surface area contributed by atoms with Crippen LogP contribution >= 0.6 is 0 Å². The third kappa shape index (κ3) is 6.52.